The van der Waals surface area contributed by atoms with Gasteiger partial charge in [0.15, 0.2) is 0 Å². The number of nitrogens with zero attached hydrogens (tertiary/aromatic N) is 1. The maximum absolute atomic E-state index is 12.7. The van der Waals surface area contributed by atoms with Gasteiger partial charge in [-0.1, -0.05) is 43.7 Å². The molecule has 0 spiro atoms. The average Bonchev–Trinajstić information content (AvgIpc) is 2.87. The van der Waals surface area contributed by atoms with Crippen LogP contribution in [0.25, 0.3) is 0 Å². The molecule has 0 aliphatic rings. The van der Waals surface area contributed by atoms with Crippen molar-refractivity contribution in [3.63, 3.8) is 0 Å². The van der Waals surface area contributed by atoms with Gasteiger partial charge in [-0.25, -0.2) is 4.79 Å². The number of carbonyl (C=O) groups is 1. The van der Waals surface area contributed by atoms with Crippen LogP contribution in [0, 0.1) is 0 Å². The highest BCUT2D eigenvalue weighted by Crippen LogP contribution is 2.19. The van der Waals surface area contributed by atoms with Gasteiger partial charge < -0.3 is 4.74 Å². The van der Waals surface area contributed by atoms with Crippen molar-refractivity contribution < 1.29 is 9.53 Å². The molecule has 0 aliphatic heterocycles. The SMILES string of the molecule is CCCCc1ccc(Cc2ccccc2)n1C(=O)OC(C)(C)C. The molecule has 0 atom stereocenters. The number of hydrogen-bond donors (Lipinski definition) is 0. The van der Waals surface area contributed by atoms with Crippen molar-refractivity contribution in [2.75, 3.05) is 0 Å². The number of hydrogen-bond acceptors (Lipinski definition) is 2. The van der Waals surface area contributed by atoms with Crippen molar-refractivity contribution in [3.05, 3.63) is 59.4 Å². The van der Waals surface area contributed by atoms with E-state index in [9.17, 15) is 4.79 Å². The standard InChI is InChI=1S/C20H27NO2/c1-5-6-12-17-13-14-18(15-16-10-8-7-9-11-16)21(17)19(22)23-20(2,3)4/h7-11,13-14H,5-6,12,15H2,1-4H3. The van der Waals surface area contributed by atoms with Gasteiger partial charge in [0.25, 0.3) is 0 Å². The molecule has 0 amide bonds. The van der Waals surface area contributed by atoms with Crippen LogP contribution in [0.4, 0.5) is 4.79 Å². The fourth-order valence-corrected chi connectivity index (χ4v) is 2.56. The number of aromatic nitrogens is 1. The Balaban J connectivity index is 2.30. The summed E-state index contributed by atoms with van der Waals surface area (Å²) in [4.78, 5) is 12.7. The predicted molar refractivity (Wildman–Crippen MR) is 93.9 cm³/mol. The van der Waals surface area contributed by atoms with Crippen LogP contribution in [0.2, 0.25) is 0 Å². The Morgan fingerprint density at radius 1 is 1.04 bits per heavy atom. The summed E-state index contributed by atoms with van der Waals surface area (Å²) in [6.07, 6.45) is 3.52. The first-order valence-corrected chi connectivity index (χ1v) is 8.37. The molecule has 3 heteroatoms. The van der Waals surface area contributed by atoms with Crippen LogP contribution in [0.1, 0.15) is 57.5 Å². The van der Waals surface area contributed by atoms with Gasteiger partial charge in [0.05, 0.1) is 0 Å². The van der Waals surface area contributed by atoms with E-state index < -0.39 is 5.60 Å². The molecular formula is C20H27NO2. The van der Waals surface area contributed by atoms with E-state index in [4.69, 9.17) is 4.74 Å². The molecule has 3 nitrogen and oxygen atoms in total. The second-order valence-corrected chi connectivity index (χ2v) is 6.90. The van der Waals surface area contributed by atoms with E-state index in [0.717, 1.165) is 37.1 Å². The Labute approximate surface area is 139 Å². The van der Waals surface area contributed by atoms with Gasteiger partial charge >= 0.3 is 6.09 Å². The second kappa shape index (κ2) is 7.49. The Morgan fingerprint density at radius 2 is 1.70 bits per heavy atom. The van der Waals surface area contributed by atoms with E-state index in [-0.39, 0.29) is 6.09 Å². The summed E-state index contributed by atoms with van der Waals surface area (Å²) >= 11 is 0. The zero-order chi connectivity index (χ0) is 16.9. The zero-order valence-corrected chi connectivity index (χ0v) is 14.6. The van der Waals surface area contributed by atoms with Crippen molar-refractivity contribution in [2.45, 2.75) is 59.0 Å². The summed E-state index contributed by atoms with van der Waals surface area (Å²) in [5, 5.41) is 0. The molecule has 2 aromatic rings. The lowest BCUT2D eigenvalue weighted by molar-refractivity contribution is 0.0529. The fraction of sp³-hybridized carbons (Fsp3) is 0.450. The molecule has 124 valence electrons. The Morgan fingerprint density at radius 3 is 2.30 bits per heavy atom. The van der Waals surface area contributed by atoms with Crippen LogP contribution >= 0.6 is 0 Å². The van der Waals surface area contributed by atoms with Gasteiger partial charge in [-0.15, -0.1) is 0 Å². The average molecular weight is 313 g/mol. The zero-order valence-electron chi connectivity index (χ0n) is 14.6. The first-order chi connectivity index (χ1) is 10.9. The number of benzene rings is 1. The van der Waals surface area contributed by atoms with Crippen molar-refractivity contribution in [1.82, 2.24) is 4.57 Å². The Kier molecular flexibility index (Phi) is 5.64. The van der Waals surface area contributed by atoms with E-state index in [1.807, 2.05) is 45.0 Å². The number of ether oxygens (including phenoxy) is 1. The van der Waals surface area contributed by atoms with Crippen molar-refractivity contribution in [3.8, 4) is 0 Å². The van der Waals surface area contributed by atoms with Crippen LogP contribution in [-0.4, -0.2) is 16.3 Å². The molecule has 23 heavy (non-hydrogen) atoms. The fourth-order valence-electron chi connectivity index (χ4n) is 2.56. The quantitative estimate of drug-likeness (QED) is 0.759. The lowest BCUT2D eigenvalue weighted by Gasteiger charge is -2.22. The lowest BCUT2D eigenvalue weighted by Crippen LogP contribution is -2.29. The molecule has 0 saturated carbocycles. The predicted octanol–water partition coefficient (Wildman–Crippen LogP) is 5.20. The first kappa shape index (κ1) is 17.3. The third-order valence-electron chi connectivity index (χ3n) is 3.63. The number of aryl methyl sites for hydroxylation is 1. The third kappa shape index (κ3) is 4.98. The van der Waals surface area contributed by atoms with E-state index in [1.165, 1.54) is 5.56 Å². The molecule has 0 bridgehead atoms. The van der Waals surface area contributed by atoms with Crippen molar-refractivity contribution in [2.24, 2.45) is 0 Å². The van der Waals surface area contributed by atoms with Crippen LogP contribution < -0.4 is 0 Å². The summed E-state index contributed by atoms with van der Waals surface area (Å²) in [5.74, 6) is 0. The van der Waals surface area contributed by atoms with Gasteiger partial charge in [0.2, 0.25) is 0 Å². The largest absolute Gasteiger partial charge is 0.443 e. The van der Waals surface area contributed by atoms with Crippen LogP contribution in [0.5, 0.6) is 0 Å². The second-order valence-electron chi connectivity index (χ2n) is 6.90. The van der Waals surface area contributed by atoms with Crippen LogP contribution in [-0.2, 0) is 17.6 Å². The monoisotopic (exact) mass is 313 g/mol. The van der Waals surface area contributed by atoms with Gasteiger partial charge in [-0.05, 0) is 51.3 Å². The molecule has 2 rings (SSSR count). The van der Waals surface area contributed by atoms with E-state index in [2.05, 4.69) is 25.1 Å². The molecule has 1 heterocycles. The molecule has 0 unspecified atom stereocenters. The summed E-state index contributed by atoms with van der Waals surface area (Å²) in [7, 11) is 0. The number of unbranched alkanes of at least 4 members (excludes halogenated alkanes) is 1. The van der Waals surface area contributed by atoms with Crippen molar-refractivity contribution >= 4 is 6.09 Å². The summed E-state index contributed by atoms with van der Waals surface area (Å²) in [6.45, 7) is 7.86. The Hall–Kier alpha value is -2.03. The first-order valence-electron chi connectivity index (χ1n) is 8.37. The van der Waals surface area contributed by atoms with Gasteiger partial charge in [-0.3, -0.25) is 4.57 Å². The molecular weight excluding hydrogens is 286 g/mol. The molecule has 0 saturated heterocycles. The van der Waals surface area contributed by atoms with E-state index >= 15 is 0 Å². The summed E-state index contributed by atoms with van der Waals surface area (Å²) < 4.78 is 7.36. The van der Waals surface area contributed by atoms with Gasteiger partial charge in [0, 0.05) is 17.8 Å². The highest BCUT2D eigenvalue weighted by molar-refractivity contribution is 5.73. The van der Waals surface area contributed by atoms with E-state index in [0.29, 0.717) is 0 Å². The maximum atomic E-state index is 12.7. The minimum absolute atomic E-state index is 0.278. The van der Waals surface area contributed by atoms with Crippen LogP contribution in [0.3, 0.4) is 0 Å². The molecule has 0 radical (unpaired) electrons. The minimum Gasteiger partial charge on any atom is -0.443 e. The van der Waals surface area contributed by atoms with Crippen molar-refractivity contribution in [1.29, 1.82) is 0 Å². The molecule has 1 aromatic carbocycles. The molecule has 0 N–H and O–H groups in total. The van der Waals surface area contributed by atoms with Gasteiger partial charge in [0.1, 0.15) is 5.60 Å². The minimum atomic E-state index is -0.493. The molecule has 0 aliphatic carbocycles. The number of rotatable bonds is 5. The number of carbonyl (C=O) groups excluding carboxylic acids is 1. The highest BCUT2D eigenvalue weighted by atomic mass is 16.6. The molecule has 1 aromatic heterocycles. The topological polar surface area (TPSA) is 31.2 Å². The molecule has 0 fully saturated rings. The Bertz CT molecular complexity index is 635. The normalized spacial score (nSPS) is 11.5. The summed E-state index contributed by atoms with van der Waals surface area (Å²) in [6, 6.07) is 14.3. The highest BCUT2D eigenvalue weighted by Gasteiger charge is 2.22. The smallest absolute Gasteiger partial charge is 0.418 e. The maximum Gasteiger partial charge on any atom is 0.418 e. The third-order valence-corrected chi connectivity index (χ3v) is 3.63. The van der Waals surface area contributed by atoms with E-state index in [1.54, 1.807) is 4.57 Å². The summed E-state index contributed by atoms with van der Waals surface area (Å²) in [5.41, 5.74) is 2.72. The lowest BCUT2D eigenvalue weighted by atomic mass is 10.1. The van der Waals surface area contributed by atoms with Crippen LogP contribution in [0.15, 0.2) is 42.5 Å². The van der Waals surface area contributed by atoms with Gasteiger partial charge in [-0.2, -0.15) is 0 Å².